The molecular formula is C14H23N3O2S. The molecule has 112 valence electrons. The molecule has 2 rings (SSSR count). The average Bonchev–Trinajstić information content (AvgIpc) is 2.47. The molecule has 1 aliphatic heterocycles. The van der Waals surface area contributed by atoms with Gasteiger partial charge in [0.05, 0.1) is 28.9 Å². The molecule has 0 aromatic heterocycles. The van der Waals surface area contributed by atoms with E-state index in [2.05, 4.69) is 9.62 Å². The predicted octanol–water partition coefficient (Wildman–Crippen LogP) is 1.52. The zero-order chi connectivity index (χ0) is 14.5. The number of anilines is 2. The first-order chi connectivity index (χ1) is 9.67. The SMILES string of the molecule is CNS(=O)c1ccc(N2CCCCC2COC)c(N)c1. The third-order valence-corrected chi connectivity index (χ3v) is 4.75. The van der Waals surface area contributed by atoms with Gasteiger partial charge in [0, 0.05) is 13.7 Å². The maximum absolute atomic E-state index is 11.7. The molecule has 3 N–H and O–H groups in total. The van der Waals surface area contributed by atoms with Crippen molar-refractivity contribution in [1.82, 2.24) is 4.72 Å². The van der Waals surface area contributed by atoms with Crippen molar-refractivity contribution in [1.29, 1.82) is 0 Å². The Balaban J connectivity index is 2.24. The third kappa shape index (κ3) is 3.31. The molecule has 0 aliphatic carbocycles. The zero-order valence-corrected chi connectivity index (χ0v) is 12.9. The van der Waals surface area contributed by atoms with Crippen LogP contribution in [0.25, 0.3) is 0 Å². The van der Waals surface area contributed by atoms with E-state index in [-0.39, 0.29) is 0 Å². The van der Waals surface area contributed by atoms with E-state index < -0.39 is 11.0 Å². The fraction of sp³-hybridized carbons (Fsp3) is 0.571. The van der Waals surface area contributed by atoms with Crippen molar-refractivity contribution < 1.29 is 8.95 Å². The molecular weight excluding hydrogens is 274 g/mol. The standard InChI is InChI=1S/C14H23N3O2S/c1-16-20(18)12-6-7-14(13(15)9-12)17-8-4-3-5-11(17)10-19-2/h6-7,9,11,16H,3-5,8,10,15H2,1-2H3. The lowest BCUT2D eigenvalue weighted by Crippen LogP contribution is -2.42. The van der Waals surface area contributed by atoms with Crippen LogP contribution in [0.4, 0.5) is 11.4 Å². The highest BCUT2D eigenvalue weighted by atomic mass is 32.2. The number of nitrogens with one attached hydrogen (secondary N) is 1. The van der Waals surface area contributed by atoms with E-state index in [0.717, 1.165) is 18.7 Å². The monoisotopic (exact) mass is 297 g/mol. The molecule has 1 fully saturated rings. The largest absolute Gasteiger partial charge is 0.397 e. The molecule has 1 aliphatic rings. The fourth-order valence-electron chi connectivity index (χ4n) is 2.71. The van der Waals surface area contributed by atoms with Gasteiger partial charge in [-0.05, 0) is 44.5 Å². The maximum Gasteiger partial charge on any atom is 0.124 e. The Morgan fingerprint density at radius 3 is 2.95 bits per heavy atom. The average molecular weight is 297 g/mol. The molecule has 1 saturated heterocycles. The summed E-state index contributed by atoms with van der Waals surface area (Å²) in [5, 5.41) is 0. The number of hydrogen-bond acceptors (Lipinski definition) is 4. The Morgan fingerprint density at radius 1 is 1.50 bits per heavy atom. The van der Waals surface area contributed by atoms with Crippen LogP contribution < -0.4 is 15.4 Å². The van der Waals surface area contributed by atoms with Crippen molar-refractivity contribution in [3.8, 4) is 0 Å². The first-order valence-electron chi connectivity index (χ1n) is 6.91. The highest BCUT2D eigenvalue weighted by molar-refractivity contribution is 7.83. The second kappa shape index (κ2) is 7.06. The number of nitrogens with zero attached hydrogens (tertiary/aromatic N) is 1. The number of rotatable bonds is 5. The van der Waals surface area contributed by atoms with Crippen LogP contribution in [-0.2, 0) is 15.7 Å². The summed E-state index contributed by atoms with van der Waals surface area (Å²) in [4.78, 5) is 3.02. The molecule has 1 aromatic rings. The summed E-state index contributed by atoms with van der Waals surface area (Å²) in [7, 11) is 2.20. The van der Waals surface area contributed by atoms with E-state index in [0.29, 0.717) is 23.2 Å². The maximum atomic E-state index is 11.7. The van der Waals surface area contributed by atoms with Crippen molar-refractivity contribution in [3.05, 3.63) is 18.2 Å². The molecule has 2 unspecified atom stereocenters. The first-order valence-corrected chi connectivity index (χ1v) is 8.06. The molecule has 5 nitrogen and oxygen atoms in total. The number of hydrogen-bond donors (Lipinski definition) is 2. The fourth-order valence-corrected chi connectivity index (χ4v) is 3.37. The normalized spacial score (nSPS) is 20.9. The van der Waals surface area contributed by atoms with E-state index in [1.165, 1.54) is 12.8 Å². The van der Waals surface area contributed by atoms with Crippen LogP contribution in [0, 0.1) is 0 Å². The minimum Gasteiger partial charge on any atom is -0.397 e. The molecule has 0 spiro atoms. The second-order valence-corrected chi connectivity index (χ2v) is 6.41. The van der Waals surface area contributed by atoms with Crippen molar-refractivity contribution in [2.75, 3.05) is 37.9 Å². The molecule has 0 saturated carbocycles. The number of nitrogens with two attached hydrogens (primary N) is 1. The van der Waals surface area contributed by atoms with Gasteiger partial charge in [0.2, 0.25) is 0 Å². The van der Waals surface area contributed by atoms with Gasteiger partial charge in [0.1, 0.15) is 11.0 Å². The van der Waals surface area contributed by atoms with Crippen molar-refractivity contribution in [2.24, 2.45) is 0 Å². The summed E-state index contributed by atoms with van der Waals surface area (Å²) >= 11 is 0. The Labute approximate surface area is 123 Å². The van der Waals surface area contributed by atoms with Gasteiger partial charge in [-0.1, -0.05) is 0 Å². The van der Waals surface area contributed by atoms with E-state index in [9.17, 15) is 4.21 Å². The van der Waals surface area contributed by atoms with Crippen molar-refractivity contribution in [3.63, 3.8) is 0 Å². The molecule has 0 radical (unpaired) electrons. The van der Waals surface area contributed by atoms with Crippen molar-refractivity contribution >= 4 is 22.4 Å². The predicted molar refractivity (Wildman–Crippen MR) is 83.2 cm³/mol. The molecule has 1 heterocycles. The van der Waals surface area contributed by atoms with Crippen LogP contribution in [0.5, 0.6) is 0 Å². The highest BCUT2D eigenvalue weighted by Gasteiger charge is 2.24. The van der Waals surface area contributed by atoms with E-state index in [1.54, 1.807) is 20.2 Å². The van der Waals surface area contributed by atoms with Crippen molar-refractivity contribution in [2.45, 2.75) is 30.2 Å². The summed E-state index contributed by atoms with van der Waals surface area (Å²) in [6.07, 6.45) is 3.52. The lowest BCUT2D eigenvalue weighted by Gasteiger charge is -2.37. The van der Waals surface area contributed by atoms with Gasteiger partial charge >= 0.3 is 0 Å². The van der Waals surface area contributed by atoms with Crippen LogP contribution in [0.2, 0.25) is 0 Å². The molecule has 20 heavy (non-hydrogen) atoms. The zero-order valence-electron chi connectivity index (χ0n) is 12.1. The Kier molecular flexibility index (Phi) is 5.39. The van der Waals surface area contributed by atoms with Gasteiger partial charge in [-0.15, -0.1) is 0 Å². The Hall–Kier alpha value is -1.11. The van der Waals surface area contributed by atoms with E-state index in [1.807, 2.05) is 12.1 Å². The molecule has 2 atom stereocenters. The van der Waals surface area contributed by atoms with Gasteiger partial charge in [0.15, 0.2) is 0 Å². The van der Waals surface area contributed by atoms with Gasteiger partial charge in [-0.25, -0.2) is 8.93 Å². The van der Waals surface area contributed by atoms with Gasteiger partial charge < -0.3 is 15.4 Å². The van der Waals surface area contributed by atoms with Crippen LogP contribution in [0.3, 0.4) is 0 Å². The van der Waals surface area contributed by atoms with E-state index in [4.69, 9.17) is 10.5 Å². The van der Waals surface area contributed by atoms with Gasteiger partial charge in [0.25, 0.3) is 0 Å². The lowest BCUT2D eigenvalue weighted by molar-refractivity contribution is 0.166. The minimum atomic E-state index is -1.20. The molecule has 1 aromatic carbocycles. The Bertz CT molecular complexity index is 479. The smallest absolute Gasteiger partial charge is 0.124 e. The topological polar surface area (TPSA) is 67.6 Å². The summed E-state index contributed by atoms with van der Waals surface area (Å²) < 4.78 is 19.8. The highest BCUT2D eigenvalue weighted by Crippen LogP contribution is 2.31. The lowest BCUT2D eigenvalue weighted by atomic mass is 10.0. The van der Waals surface area contributed by atoms with Crippen LogP contribution in [0.1, 0.15) is 19.3 Å². The number of methoxy groups -OCH3 is 1. The summed E-state index contributed by atoms with van der Waals surface area (Å²) in [6.45, 7) is 1.70. The van der Waals surface area contributed by atoms with Gasteiger partial charge in [-0.2, -0.15) is 0 Å². The van der Waals surface area contributed by atoms with Crippen LogP contribution in [-0.4, -0.2) is 37.6 Å². The summed E-state index contributed by atoms with van der Waals surface area (Å²) in [6, 6.07) is 6.00. The summed E-state index contributed by atoms with van der Waals surface area (Å²) in [5.41, 5.74) is 7.85. The molecule has 0 bridgehead atoms. The third-order valence-electron chi connectivity index (χ3n) is 3.69. The number of nitrogen functional groups attached to an aromatic ring is 1. The number of ether oxygens (including phenoxy) is 1. The van der Waals surface area contributed by atoms with E-state index >= 15 is 0 Å². The first kappa shape index (κ1) is 15.3. The minimum absolute atomic E-state index is 0.372. The van der Waals surface area contributed by atoms with Gasteiger partial charge in [-0.3, -0.25) is 0 Å². The second-order valence-electron chi connectivity index (χ2n) is 4.99. The summed E-state index contributed by atoms with van der Waals surface area (Å²) in [5.74, 6) is 0. The van der Waals surface area contributed by atoms with Crippen LogP contribution in [0.15, 0.2) is 23.1 Å². The molecule has 0 amide bonds. The Morgan fingerprint density at radius 2 is 2.30 bits per heavy atom. The number of benzene rings is 1. The quantitative estimate of drug-likeness (QED) is 0.809. The number of piperidine rings is 1. The molecule has 6 heteroatoms. The van der Waals surface area contributed by atoms with Crippen LogP contribution >= 0.6 is 0 Å².